The molecule has 6 aromatic rings. The van der Waals surface area contributed by atoms with Gasteiger partial charge in [0, 0.05) is 41.2 Å². The molecule has 6 rings (SSSR count). The molecule has 0 amide bonds. The van der Waals surface area contributed by atoms with Crippen molar-refractivity contribution in [2.24, 2.45) is 0 Å². The van der Waals surface area contributed by atoms with Crippen molar-refractivity contribution >= 4 is 39.2 Å². The van der Waals surface area contributed by atoms with Crippen molar-refractivity contribution < 1.29 is 4.74 Å². The van der Waals surface area contributed by atoms with E-state index >= 15 is 0 Å². The maximum Gasteiger partial charge on any atom is 0.120 e. The minimum absolute atomic E-state index is 0.844. The molecule has 0 aliphatic rings. The van der Waals surface area contributed by atoms with Crippen molar-refractivity contribution in [3.8, 4) is 16.9 Å². The van der Waals surface area contributed by atoms with E-state index in [0.29, 0.717) is 0 Å². The van der Waals surface area contributed by atoms with Crippen molar-refractivity contribution in [1.29, 1.82) is 0 Å². The Balaban J connectivity index is 1.41. The van der Waals surface area contributed by atoms with Gasteiger partial charge in [-0.3, -0.25) is 0 Å². The van der Waals surface area contributed by atoms with E-state index in [1.165, 1.54) is 21.9 Å². The van der Waals surface area contributed by atoms with E-state index < -0.39 is 0 Å². The Labute approximate surface area is 230 Å². The molecular weight excluding hydrogens is 476 g/mol. The molecule has 0 aliphatic heterocycles. The summed E-state index contributed by atoms with van der Waals surface area (Å²) in [4.78, 5) is 4.51. The molecule has 0 fully saturated rings. The lowest BCUT2D eigenvalue weighted by atomic mass is 10.0. The summed E-state index contributed by atoms with van der Waals surface area (Å²) in [6, 6.07) is 51.2. The van der Waals surface area contributed by atoms with Crippen LogP contribution in [0.15, 0.2) is 146 Å². The number of rotatable bonds is 7. The van der Waals surface area contributed by atoms with Gasteiger partial charge < -0.3 is 14.5 Å². The summed E-state index contributed by atoms with van der Waals surface area (Å²) in [6.45, 7) is 0. The highest BCUT2D eigenvalue weighted by atomic mass is 16.5. The van der Waals surface area contributed by atoms with Crippen LogP contribution in [0.5, 0.6) is 5.75 Å². The Kier molecular flexibility index (Phi) is 6.71. The molecule has 0 saturated heterocycles. The van der Waals surface area contributed by atoms with Gasteiger partial charge in [-0.2, -0.15) is 0 Å². The fourth-order valence-electron chi connectivity index (χ4n) is 5.06. The van der Waals surface area contributed by atoms with Crippen LogP contribution < -0.4 is 14.5 Å². The highest BCUT2D eigenvalue weighted by Gasteiger charge is 2.16. The van der Waals surface area contributed by atoms with Gasteiger partial charge in [-0.1, -0.05) is 84.9 Å². The molecule has 0 bridgehead atoms. The van der Waals surface area contributed by atoms with E-state index in [4.69, 9.17) is 4.74 Å². The molecular formula is C36H30N2O. The first-order valence-corrected chi connectivity index (χ1v) is 13.1. The number of nitrogens with zero attached hydrogens (tertiary/aromatic N) is 2. The quantitative estimate of drug-likeness (QED) is 0.214. The lowest BCUT2D eigenvalue weighted by Gasteiger charge is -2.28. The van der Waals surface area contributed by atoms with Gasteiger partial charge in [0.25, 0.3) is 0 Å². The minimum Gasteiger partial charge on any atom is -0.497 e. The molecule has 3 heteroatoms. The highest BCUT2D eigenvalue weighted by molar-refractivity contribution is 5.99. The molecule has 0 aromatic heterocycles. The van der Waals surface area contributed by atoms with Gasteiger partial charge in [0.05, 0.1) is 12.8 Å². The number of fused-ring (bicyclic) bond motifs is 1. The van der Waals surface area contributed by atoms with Crippen molar-refractivity contribution in [1.82, 2.24) is 0 Å². The molecule has 6 aromatic carbocycles. The molecule has 3 nitrogen and oxygen atoms in total. The SMILES string of the molecule is COc1cccc(N(C)c2ccc(N(c3ccc(-c4ccccc4)cc3)c3cccc4ccccc34)cc2)c1. The van der Waals surface area contributed by atoms with Gasteiger partial charge in [0.1, 0.15) is 5.75 Å². The summed E-state index contributed by atoms with van der Waals surface area (Å²) < 4.78 is 5.43. The van der Waals surface area contributed by atoms with Crippen LogP contribution in [0.1, 0.15) is 0 Å². The van der Waals surface area contributed by atoms with Gasteiger partial charge in [-0.25, -0.2) is 0 Å². The van der Waals surface area contributed by atoms with Crippen molar-refractivity contribution in [2.75, 3.05) is 24.0 Å². The van der Waals surface area contributed by atoms with Crippen LogP contribution >= 0.6 is 0 Å². The van der Waals surface area contributed by atoms with Crippen LogP contribution in [0.25, 0.3) is 21.9 Å². The number of methoxy groups -OCH3 is 1. The summed E-state index contributed by atoms with van der Waals surface area (Å²) >= 11 is 0. The maximum atomic E-state index is 5.43. The standard InChI is InChI=1S/C36H30N2O/c1-37(33-14-9-15-34(26-33)39-2)30-22-24-32(25-23-30)38(36-17-8-13-29-12-6-7-16-35(29)36)31-20-18-28(19-21-31)27-10-4-3-5-11-27/h3-26H,1-2H3. The smallest absolute Gasteiger partial charge is 0.120 e. The van der Waals surface area contributed by atoms with Crippen LogP contribution in [0.4, 0.5) is 28.4 Å². The van der Waals surface area contributed by atoms with Crippen LogP contribution in [-0.2, 0) is 0 Å². The Morgan fingerprint density at radius 2 is 1.08 bits per heavy atom. The summed E-state index contributed by atoms with van der Waals surface area (Å²) in [6.07, 6.45) is 0. The first kappa shape index (κ1) is 24.3. The largest absolute Gasteiger partial charge is 0.497 e. The third-order valence-corrected chi connectivity index (χ3v) is 7.18. The average Bonchev–Trinajstić information content (AvgIpc) is 3.02. The second-order valence-electron chi connectivity index (χ2n) is 9.52. The molecule has 0 radical (unpaired) electrons. The van der Waals surface area contributed by atoms with Gasteiger partial charge in [0.15, 0.2) is 0 Å². The van der Waals surface area contributed by atoms with Crippen molar-refractivity contribution in [2.45, 2.75) is 0 Å². The summed E-state index contributed by atoms with van der Waals surface area (Å²) in [5, 5.41) is 2.43. The van der Waals surface area contributed by atoms with Crippen molar-refractivity contribution in [3.63, 3.8) is 0 Å². The van der Waals surface area contributed by atoms with E-state index in [1.54, 1.807) is 7.11 Å². The Morgan fingerprint density at radius 1 is 0.487 bits per heavy atom. The molecule has 0 N–H and O–H groups in total. The van der Waals surface area contributed by atoms with E-state index in [0.717, 1.165) is 34.2 Å². The summed E-state index contributed by atoms with van der Waals surface area (Å²) in [7, 11) is 3.77. The fourth-order valence-corrected chi connectivity index (χ4v) is 5.06. The lowest BCUT2D eigenvalue weighted by Crippen LogP contribution is -2.12. The van der Waals surface area contributed by atoms with E-state index in [9.17, 15) is 0 Å². The molecule has 190 valence electrons. The number of benzene rings is 6. The second-order valence-corrected chi connectivity index (χ2v) is 9.52. The normalized spacial score (nSPS) is 10.8. The lowest BCUT2D eigenvalue weighted by molar-refractivity contribution is 0.415. The third kappa shape index (κ3) is 4.95. The first-order valence-electron chi connectivity index (χ1n) is 13.1. The topological polar surface area (TPSA) is 15.7 Å². The van der Waals surface area contributed by atoms with Crippen LogP contribution in [0.2, 0.25) is 0 Å². The highest BCUT2D eigenvalue weighted by Crippen LogP contribution is 2.40. The second kappa shape index (κ2) is 10.8. The summed E-state index contributed by atoms with van der Waals surface area (Å²) in [5.41, 5.74) is 7.95. The molecule has 0 aliphatic carbocycles. The maximum absolute atomic E-state index is 5.43. The number of ether oxygens (including phenoxy) is 1. The zero-order valence-corrected chi connectivity index (χ0v) is 22.2. The number of hydrogen-bond acceptors (Lipinski definition) is 3. The number of hydrogen-bond donors (Lipinski definition) is 0. The predicted octanol–water partition coefficient (Wildman–Crippen LogP) is 9.75. The Morgan fingerprint density at radius 3 is 1.82 bits per heavy atom. The Bertz CT molecular complexity index is 1690. The monoisotopic (exact) mass is 506 g/mol. The molecule has 0 heterocycles. The molecule has 0 atom stereocenters. The Hall–Kier alpha value is -5.02. The third-order valence-electron chi connectivity index (χ3n) is 7.18. The fraction of sp³-hybridized carbons (Fsp3) is 0.0556. The zero-order valence-electron chi connectivity index (χ0n) is 22.2. The van der Waals surface area contributed by atoms with Crippen molar-refractivity contribution in [3.05, 3.63) is 146 Å². The summed E-state index contributed by atoms with van der Waals surface area (Å²) in [5.74, 6) is 0.844. The van der Waals surface area contributed by atoms with E-state index in [1.807, 2.05) is 18.2 Å². The van der Waals surface area contributed by atoms with Gasteiger partial charge in [-0.15, -0.1) is 0 Å². The van der Waals surface area contributed by atoms with Gasteiger partial charge in [-0.05, 0) is 71.1 Å². The minimum atomic E-state index is 0.844. The van der Waals surface area contributed by atoms with Crippen LogP contribution in [0, 0.1) is 0 Å². The number of anilines is 5. The van der Waals surface area contributed by atoms with E-state index in [2.05, 4.69) is 144 Å². The first-order chi connectivity index (χ1) is 19.2. The predicted molar refractivity (Wildman–Crippen MR) is 165 cm³/mol. The van der Waals surface area contributed by atoms with Gasteiger partial charge in [0.2, 0.25) is 0 Å². The molecule has 0 spiro atoms. The van der Waals surface area contributed by atoms with Gasteiger partial charge >= 0.3 is 0 Å². The van der Waals surface area contributed by atoms with E-state index in [-0.39, 0.29) is 0 Å². The zero-order chi connectivity index (χ0) is 26.6. The molecule has 0 unspecified atom stereocenters. The average molecular weight is 507 g/mol. The van der Waals surface area contributed by atoms with Crippen LogP contribution in [-0.4, -0.2) is 14.2 Å². The van der Waals surface area contributed by atoms with Crippen LogP contribution in [0.3, 0.4) is 0 Å². The molecule has 39 heavy (non-hydrogen) atoms. The molecule has 0 saturated carbocycles.